The highest BCUT2D eigenvalue weighted by atomic mass is 32.2. The number of sulfonamides is 1. The van der Waals surface area contributed by atoms with Crippen LogP contribution in [0, 0.1) is 5.92 Å². The molecular weight excluding hydrogens is 290 g/mol. The van der Waals surface area contributed by atoms with Crippen molar-refractivity contribution in [3.63, 3.8) is 0 Å². The maximum atomic E-state index is 12.8. The lowest BCUT2D eigenvalue weighted by atomic mass is 9.96. The van der Waals surface area contributed by atoms with E-state index in [2.05, 4.69) is 0 Å². The molecule has 1 aromatic carbocycles. The van der Waals surface area contributed by atoms with Gasteiger partial charge in [-0.15, -0.1) is 0 Å². The zero-order valence-corrected chi connectivity index (χ0v) is 12.7. The Kier molecular flexibility index (Phi) is 4.31. The van der Waals surface area contributed by atoms with E-state index in [4.69, 9.17) is 4.74 Å². The second kappa shape index (κ2) is 6.04. The fourth-order valence-corrected chi connectivity index (χ4v) is 5.05. The average Bonchev–Trinajstić information content (AvgIpc) is 2.94. The fourth-order valence-electron chi connectivity index (χ4n) is 3.39. The molecule has 1 heterocycles. The molecule has 1 N–H and O–H groups in total. The van der Waals surface area contributed by atoms with Crippen molar-refractivity contribution in [3.8, 4) is 0 Å². The molecule has 3 atom stereocenters. The molecule has 1 aliphatic heterocycles. The fraction of sp³-hybridized carbons (Fsp3) is 0.600. The van der Waals surface area contributed by atoms with Crippen molar-refractivity contribution in [2.75, 3.05) is 19.8 Å². The third-order valence-electron chi connectivity index (χ3n) is 4.49. The van der Waals surface area contributed by atoms with Crippen molar-refractivity contribution in [1.29, 1.82) is 0 Å². The SMILES string of the molecule is O=S(=O)(c1ccccc1)N1CCOC[C@@H]1[C@H]1CCC[C@H]1O. The first-order valence-corrected chi connectivity index (χ1v) is 8.87. The van der Waals surface area contributed by atoms with Crippen LogP contribution in [0.2, 0.25) is 0 Å². The minimum absolute atomic E-state index is 0.0243. The Labute approximate surface area is 125 Å². The summed E-state index contributed by atoms with van der Waals surface area (Å²) in [6, 6.07) is 8.23. The average molecular weight is 311 g/mol. The number of nitrogens with zero attached hydrogens (tertiary/aromatic N) is 1. The molecule has 1 saturated heterocycles. The van der Waals surface area contributed by atoms with Crippen LogP contribution in [0.4, 0.5) is 0 Å². The van der Waals surface area contributed by atoms with E-state index >= 15 is 0 Å². The van der Waals surface area contributed by atoms with Gasteiger partial charge in [0, 0.05) is 12.5 Å². The molecule has 5 nitrogen and oxygen atoms in total. The second-order valence-corrected chi connectivity index (χ2v) is 7.62. The minimum atomic E-state index is -3.53. The van der Waals surface area contributed by atoms with Crippen LogP contribution >= 0.6 is 0 Å². The predicted octanol–water partition coefficient (Wildman–Crippen LogP) is 1.24. The van der Waals surface area contributed by atoms with Crippen LogP contribution in [0.25, 0.3) is 0 Å². The number of benzene rings is 1. The maximum absolute atomic E-state index is 12.8. The highest BCUT2D eigenvalue weighted by molar-refractivity contribution is 7.89. The van der Waals surface area contributed by atoms with Crippen molar-refractivity contribution < 1.29 is 18.3 Å². The standard InChI is InChI=1S/C15H21NO4S/c17-15-8-4-7-13(15)14-11-20-10-9-16(14)21(18,19)12-5-2-1-3-6-12/h1-3,5-6,13-15,17H,4,7-11H2/t13-,14-,15-/m1/s1. The quantitative estimate of drug-likeness (QED) is 0.912. The third-order valence-corrected chi connectivity index (χ3v) is 6.43. The summed E-state index contributed by atoms with van der Waals surface area (Å²) in [4.78, 5) is 0.310. The Morgan fingerprint density at radius 1 is 1.19 bits per heavy atom. The first-order valence-electron chi connectivity index (χ1n) is 7.43. The molecule has 0 spiro atoms. The summed E-state index contributed by atoms with van der Waals surface area (Å²) in [6.07, 6.45) is 2.13. The van der Waals surface area contributed by atoms with Gasteiger partial charge in [-0.05, 0) is 25.0 Å². The van der Waals surface area contributed by atoms with E-state index in [1.807, 2.05) is 0 Å². The van der Waals surface area contributed by atoms with Crippen molar-refractivity contribution in [3.05, 3.63) is 30.3 Å². The summed E-state index contributed by atoms with van der Waals surface area (Å²) in [5.41, 5.74) is 0. The minimum Gasteiger partial charge on any atom is -0.393 e. The van der Waals surface area contributed by atoms with E-state index in [-0.39, 0.29) is 12.0 Å². The third kappa shape index (κ3) is 2.85. The predicted molar refractivity (Wildman–Crippen MR) is 78.3 cm³/mol. The summed E-state index contributed by atoms with van der Waals surface area (Å²) < 4.78 is 32.7. The smallest absolute Gasteiger partial charge is 0.243 e. The summed E-state index contributed by atoms with van der Waals surface area (Å²) in [5, 5.41) is 10.1. The molecule has 2 fully saturated rings. The zero-order valence-electron chi connectivity index (χ0n) is 11.9. The van der Waals surface area contributed by atoms with E-state index in [0.717, 1.165) is 19.3 Å². The van der Waals surface area contributed by atoms with E-state index in [0.29, 0.717) is 24.7 Å². The Morgan fingerprint density at radius 2 is 1.95 bits per heavy atom. The molecule has 21 heavy (non-hydrogen) atoms. The molecule has 0 unspecified atom stereocenters. The van der Waals surface area contributed by atoms with Crippen molar-refractivity contribution in [2.45, 2.75) is 36.3 Å². The van der Waals surface area contributed by atoms with E-state index < -0.39 is 16.1 Å². The number of hydrogen-bond acceptors (Lipinski definition) is 4. The molecule has 116 valence electrons. The number of hydrogen-bond donors (Lipinski definition) is 1. The molecule has 6 heteroatoms. The van der Waals surface area contributed by atoms with Gasteiger partial charge in [0.05, 0.1) is 30.3 Å². The van der Waals surface area contributed by atoms with E-state index in [1.54, 1.807) is 30.3 Å². The van der Waals surface area contributed by atoms with Gasteiger partial charge < -0.3 is 9.84 Å². The van der Waals surface area contributed by atoms with Gasteiger partial charge in [0.2, 0.25) is 10.0 Å². The molecule has 1 saturated carbocycles. The lowest BCUT2D eigenvalue weighted by Crippen LogP contribution is -2.53. The molecule has 1 aromatic rings. The van der Waals surface area contributed by atoms with Crippen molar-refractivity contribution in [1.82, 2.24) is 4.31 Å². The number of rotatable bonds is 3. The van der Waals surface area contributed by atoms with Crippen molar-refractivity contribution >= 4 is 10.0 Å². The van der Waals surface area contributed by atoms with Crippen LogP contribution in [0.15, 0.2) is 35.2 Å². The normalized spacial score (nSPS) is 31.4. The Balaban J connectivity index is 1.91. The Hall–Kier alpha value is -0.950. The molecule has 3 rings (SSSR count). The molecule has 0 bridgehead atoms. The summed E-state index contributed by atoms with van der Waals surface area (Å²) >= 11 is 0. The van der Waals surface area contributed by atoms with Gasteiger partial charge in [-0.25, -0.2) is 8.42 Å². The number of ether oxygens (including phenoxy) is 1. The van der Waals surface area contributed by atoms with Crippen LogP contribution in [-0.4, -0.2) is 49.7 Å². The van der Waals surface area contributed by atoms with Crippen LogP contribution in [-0.2, 0) is 14.8 Å². The van der Waals surface area contributed by atoms with Crippen LogP contribution in [0.5, 0.6) is 0 Å². The van der Waals surface area contributed by atoms with Crippen LogP contribution < -0.4 is 0 Å². The number of aliphatic hydroxyl groups excluding tert-OH is 1. The van der Waals surface area contributed by atoms with Crippen molar-refractivity contribution in [2.24, 2.45) is 5.92 Å². The van der Waals surface area contributed by atoms with Gasteiger partial charge in [-0.1, -0.05) is 24.6 Å². The summed E-state index contributed by atoms with van der Waals surface area (Å²) in [5.74, 6) is -0.0243. The van der Waals surface area contributed by atoms with Crippen LogP contribution in [0.1, 0.15) is 19.3 Å². The molecule has 0 amide bonds. The van der Waals surface area contributed by atoms with E-state index in [1.165, 1.54) is 4.31 Å². The second-order valence-electron chi connectivity index (χ2n) is 5.73. The molecule has 0 radical (unpaired) electrons. The zero-order chi connectivity index (χ0) is 14.9. The van der Waals surface area contributed by atoms with Gasteiger partial charge in [0.1, 0.15) is 0 Å². The van der Waals surface area contributed by atoms with Gasteiger partial charge in [0.15, 0.2) is 0 Å². The molecule has 2 aliphatic rings. The van der Waals surface area contributed by atoms with E-state index in [9.17, 15) is 13.5 Å². The Bertz CT molecular complexity index is 575. The highest BCUT2D eigenvalue weighted by Crippen LogP contribution is 2.34. The first-order chi connectivity index (χ1) is 10.1. The first kappa shape index (κ1) is 15.0. The molecule has 0 aromatic heterocycles. The highest BCUT2D eigenvalue weighted by Gasteiger charge is 2.42. The van der Waals surface area contributed by atoms with Crippen LogP contribution in [0.3, 0.4) is 0 Å². The Morgan fingerprint density at radius 3 is 2.62 bits per heavy atom. The number of morpholine rings is 1. The van der Waals surface area contributed by atoms with Gasteiger partial charge in [0.25, 0.3) is 0 Å². The summed E-state index contributed by atoms with van der Waals surface area (Å²) in [7, 11) is -3.53. The molecular formula is C15H21NO4S. The van der Waals surface area contributed by atoms with Gasteiger partial charge >= 0.3 is 0 Å². The lowest BCUT2D eigenvalue weighted by Gasteiger charge is -2.39. The van der Waals surface area contributed by atoms with Gasteiger partial charge in [-0.3, -0.25) is 0 Å². The summed E-state index contributed by atoms with van der Waals surface area (Å²) in [6.45, 7) is 1.13. The lowest BCUT2D eigenvalue weighted by molar-refractivity contribution is -0.0148. The number of aliphatic hydroxyl groups is 1. The molecule has 1 aliphatic carbocycles. The largest absolute Gasteiger partial charge is 0.393 e. The van der Waals surface area contributed by atoms with Gasteiger partial charge in [-0.2, -0.15) is 4.31 Å². The topological polar surface area (TPSA) is 66.8 Å². The monoisotopic (exact) mass is 311 g/mol. The maximum Gasteiger partial charge on any atom is 0.243 e.